The van der Waals surface area contributed by atoms with Gasteiger partial charge in [-0.1, -0.05) is 44.4 Å². The molecule has 1 aliphatic heterocycles. The van der Waals surface area contributed by atoms with E-state index in [1.54, 1.807) is 4.68 Å². The van der Waals surface area contributed by atoms with Gasteiger partial charge in [-0.25, -0.2) is 4.68 Å². The van der Waals surface area contributed by atoms with Crippen LogP contribution in [0.4, 0.5) is 0 Å². The highest BCUT2D eigenvalue weighted by molar-refractivity contribution is 5.82. The van der Waals surface area contributed by atoms with E-state index in [4.69, 9.17) is 9.84 Å². The van der Waals surface area contributed by atoms with E-state index >= 15 is 0 Å². The van der Waals surface area contributed by atoms with Crippen molar-refractivity contribution in [1.82, 2.24) is 24.5 Å². The van der Waals surface area contributed by atoms with Crippen molar-refractivity contribution in [3.8, 4) is 17.0 Å². The molecule has 0 fully saturated rings. The second-order valence-corrected chi connectivity index (χ2v) is 8.66. The summed E-state index contributed by atoms with van der Waals surface area (Å²) in [6.07, 6.45) is 7.04. The molecular weight excluding hydrogens is 410 g/mol. The zero-order valence-electron chi connectivity index (χ0n) is 20.4. The van der Waals surface area contributed by atoms with Crippen molar-refractivity contribution >= 4 is 11.6 Å². The zero-order valence-corrected chi connectivity index (χ0v) is 20.4. The second kappa shape index (κ2) is 9.14. The summed E-state index contributed by atoms with van der Waals surface area (Å²) in [4.78, 5) is 2.22. The molecular formula is C27H33N5O. The van der Waals surface area contributed by atoms with Crippen LogP contribution in [-0.2, 0) is 27.1 Å². The number of hydrogen-bond donors (Lipinski definition) is 0. The number of fused-ring (bicyclic) bond motifs is 5. The molecule has 1 aliphatic rings. The van der Waals surface area contributed by atoms with Crippen LogP contribution in [0.15, 0.2) is 49.3 Å². The number of nitrogens with zero attached hydrogens (tertiary/aromatic N) is 5. The summed E-state index contributed by atoms with van der Waals surface area (Å²) in [6.45, 7) is 16.8. The van der Waals surface area contributed by atoms with Crippen molar-refractivity contribution < 1.29 is 4.74 Å². The van der Waals surface area contributed by atoms with Gasteiger partial charge in [0.25, 0.3) is 0 Å². The fraction of sp³-hybridized carbons (Fsp3) is 0.333. The normalized spacial score (nSPS) is 15.2. The lowest BCUT2D eigenvalue weighted by molar-refractivity contribution is 0.225. The van der Waals surface area contributed by atoms with Gasteiger partial charge in [0, 0.05) is 31.0 Å². The maximum absolute atomic E-state index is 6.26. The number of aryl methyl sites for hydroxylation is 3. The minimum atomic E-state index is 0.517. The maximum atomic E-state index is 6.26. The second-order valence-electron chi connectivity index (χ2n) is 8.66. The lowest BCUT2D eigenvalue weighted by Gasteiger charge is -2.24. The largest absolute Gasteiger partial charge is 0.476 e. The Labute approximate surface area is 196 Å². The fourth-order valence-electron chi connectivity index (χ4n) is 4.41. The molecule has 0 saturated carbocycles. The van der Waals surface area contributed by atoms with E-state index in [2.05, 4.69) is 67.4 Å². The third-order valence-corrected chi connectivity index (χ3v) is 6.33. The average molecular weight is 444 g/mol. The number of rotatable bonds is 2. The molecule has 0 amide bonds. The minimum Gasteiger partial charge on any atom is -0.476 e. The lowest BCUT2D eigenvalue weighted by Crippen LogP contribution is -2.27. The molecule has 33 heavy (non-hydrogen) atoms. The molecule has 2 aromatic heterocycles. The molecule has 1 aromatic carbocycles. The summed E-state index contributed by atoms with van der Waals surface area (Å²) in [5, 5.41) is 9.30. The highest BCUT2D eigenvalue weighted by atomic mass is 16.5. The Hall–Kier alpha value is -3.54. The number of benzene rings is 1. The third kappa shape index (κ3) is 4.38. The molecule has 0 saturated heterocycles. The van der Waals surface area contributed by atoms with E-state index in [1.165, 1.54) is 11.3 Å². The summed E-state index contributed by atoms with van der Waals surface area (Å²) in [6, 6.07) is 6.43. The summed E-state index contributed by atoms with van der Waals surface area (Å²) >= 11 is 0. The van der Waals surface area contributed by atoms with Gasteiger partial charge in [0.2, 0.25) is 5.88 Å². The molecule has 6 nitrogen and oxygen atoms in total. The van der Waals surface area contributed by atoms with Gasteiger partial charge in [0.05, 0.1) is 30.5 Å². The van der Waals surface area contributed by atoms with Crippen molar-refractivity contribution in [3.05, 3.63) is 77.4 Å². The highest BCUT2D eigenvalue weighted by Gasteiger charge is 2.19. The predicted octanol–water partition coefficient (Wildman–Crippen LogP) is 5.15. The Balaban J connectivity index is 1.86. The number of aromatic nitrogens is 4. The Morgan fingerprint density at radius 3 is 2.67 bits per heavy atom. The van der Waals surface area contributed by atoms with Crippen LogP contribution in [0.25, 0.3) is 22.8 Å². The molecule has 0 spiro atoms. The van der Waals surface area contributed by atoms with E-state index < -0.39 is 0 Å². The third-order valence-electron chi connectivity index (χ3n) is 6.33. The van der Waals surface area contributed by atoms with Gasteiger partial charge in [-0.05, 0) is 48.6 Å². The summed E-state index contributed by atoms with van der Waals surface area (Å²) < 4.78 is 10.0. The van der Waals surface area contributed by atoms with E-state index in [0.717, 1.165) is 51.5 Å². The van der Waals surface area contributed by atoms with Crippen LogP contribution < -0.4 is 4.74 Å². The van der Waals surface area contributed by atoms with E-state index in [1.807, 2.05) is 31.9 Å². The summed E-state index contributed by atoms with van der Waals surface area (Å²) in [7, 11) is 3.92. The van der Waals surface area contributed by atoms with Crippen LogP contribution in [0, 0.1) is 6.92 Å². The van der Waals surface area contributed by atoms with Gasteiger partial charge in [0.15, 0.2) is 0 Å². The summed E-state index contributed by atoms with van der Waals surface area (Å²) in [5.74, 6) is 0.759. The van der Waals surface area contributed by atoms with Crippen molar-refractivity contribution in [2.24, 2.45) is 14.1 Å². The fourth-order valence-corrected chi connectivity index (χ4v) is 4.41. The molecule has 0 N–H and O–H groups in total. The van der Waals surface area contributed by atoms with Crippen LogP contribution in [0.2, 0.25) is 0 Å². The lowest BCUT2D eigenvalue weighted by atomic mass is 9.96. The van der Waals surface area contributed by atoms with Gasteiger partial charge < -0.3 is 9.64 Å². The summed E-state index contributed by atoms with van der Waals surface area (Å²) in [5.41, 5.74) is 9.68. The first kappa shape index (κ1) is 22.6. The minimum absolute atomic E-state index is 0.517. The Morgan fingerprint density at radius 2 is 1.94 bits per heavy atom. The average Bonchev–Trinajstić information content (AvgIpc) is 3.29. The first-order valence-electron chi connectivity index (χ1n) is 11.4. The molecule has 0 atom stereocenters. The van der Waals surface area contributed by atoms with Crippen LogP contribution in [-0.4, -0.2) is 37.6 Å². The number of hydrogen-bond acceptors (Lipinski definition) is 4. The molecule has 0 aliphatic carbocycles. The van der Waals surface area contributed by atoms with Crippen LogP contribution >= 0.6 is 0 Å². The van der Waals surface area contributed by atoms with Gasteiger partial charge in [-0.15, -0.1) is 0 Å². The molecule has 2 bridgehead atoms. The maximum Gasteiger partial charge on any atom is 0.219 e. The van der Waals surface area contributed by atoms with Gasteiger partial charge >= 0.3 is 0 Å². The quantitative estimate of drug-likeness (QED) is 0.550. The molecule has 3 heterocycles. The zero-order chi connectivity index (χ0) is 23.7. The van der Waals surface area contributed by atoms with E-state index in [-0.39, 0.29) is 0 Å². The van der Waals surface area contributed by atoms with Crippen LogP contribution in [0.1, 0.15) is 41.9 Å². The van der Waals surface area contributed by atoms with Gasteiger partial charge in [-0.2, -0.15) is 10.2 Å². The molecule has 172 valence electrons. The van der Waals surface area contributed by atoms with E-state index in [0.29, 0.717) is 19.7 Å². The van der Waals surface area contributed by atoms with Gasteiger partial charge in [-0.3, -0.25) is 4.68 Å². The number of ether oxygens (including phenoxy) is 1. The standard InChI is InChI=1S/C27H33N5O/c1-8-26-22-12-10-20(5)23-15-21(11-9-19(23)4)24-16-28-31(7)27(24)33-14-13-32(18(2)3)17-25(22)29-30(26)6/h9-12,15-16H,2,5,8,13-14,17H2,1,3-4,6-7H3/b12-10+. The smallest absolute Gasteiger partial charge is 0.219 e. The highest BCUT2D eigenvalue weighted by Crippen LogP contribution is 2.33. The van der Waals surface area contributed by atoms with Crippen LogP contribution in [0.3, 0.4) is 0 Å². The van der Waals surface area contributed by atoms with Crippen LogP contribution in [0.5, 0.6) is 5.88 Å². The van der Waals surface area contributed by atoms with Crippen molar-refractivity contribution in [2.45, 2.75) is 33.7 Å². The topological polar surface area (TPSA) is 48.1 Å². The Morgan fingerprint density at radius 1 is 1.15 bits per heavy atom. The first-order chi connectivity index (χ1) is 15.8. The Bertz CT molecular complexity index is 1240. The Kier molecular flexibility index (Phi) is 6.27. The number of allylic oxidation sites excluding steroid dienone is 3. The van der Waals surface area contributed by atoms with E-state index in [9.17, 15) is 0 Å². The van der Waals surface area contributed by atoms with Gasteiger partial charge in [0.1, 0.15) is 6.61 Å². The van der Waals surface area contributed by atoms with Crippen molar-refractivity contribution in [3.63, 3.8) is 0 Å². The van der Waals surface area contributed by atoms with Crippen molar-refractivity contribution in [1.29, 1.82) is 0 Å². The molecule has 6 heteroatoms. The monoisotopic (exact) mass is 443 g/mol. The molecule has 4 rings (SSSR count). The first-order valence-corrected chi connectivity index (χ1v) is 11.4. The van der Waals surface area contributed by atoms with Crippen molar-refractivity contribution in [2.75, 3.05) is 13.2 Å². The SMILES string of the molecule is C=C1/C=C/c2c(nn(C)c2CC)CN(C(=C)C)CCOc2c(cnn2C)-c2ccc(C)c1c2. The molecule has 0 radical (unpaired) electrons. The molecule has 0 unspecified atom stereocenters. The molecule has 3 aromatic rings. The predicted molar refractivity (Wildman–Crippen MR) is 135 cm³/mol.